The van der Waals surface area contributed by atoms with Crippen LogP contribution >= 0.6 is 11.8 Å². The highest BCUT2D eigenvalue weighted by Crippen LogP contribution is 2.26. The van der Waals surface area contributed by atoms with Gasteiger partial charge >= 0.3 is 5.97 Å². The van der Waals surface area contributed by atoms with Gasteiger partial charge < -0.3 is 5.11 Å². The Hall–Kier alpha value is -1.56. The van der Waals surface area contributed by atoms with Crippen LogP contribution in [0.5, 0.6) is 0 Å². The summed E-state index contributed by atoms with van der Waals surface area (Å²) in [6.45, 7) is 1.80. The second-order valence-electron chi connectivity index (χ2n) is 3.61. The third-order valence-electron chi connectivity index (χ3n) is 2.17. The van der Waals surface area contributed by atoms with Gasteiger partial charge in [0.05, 0.1) is 11.3 Å². The molecular weight excluding hydrogens is 242 g/mol. The minimum absolute atomic E-state index is 0.0608. The number of para-hydroxylation sites is 1. The zero-order chi connectivity index (χ0) is 12.8. The molecule has 1 aromatic rings. The number of aliphatic carboxylic acids is 1. The average molecular weight is 255 g/mol. The zero-order valence-corrected chi connectivity index (χ0v) is 10.1. The van der Waals surface area contributed by atoms with Gasteiger partial charge in [0.15, 0.2) is 0 Å². The lowest BCUT2D eigenvalue weighted by atomic mass is 10.2. The topological polar surface area (TPSA) is 80.4 Å². The Morgan fingerprint density at radius 3 is 2.76 bits per heavy atom. The Bertz CT molecular complexity index is 422. The number of benzene rings is 1. The van der Waals surface area contributed by atoms with Crippen molar-refractivity contribution in [3.63, 3.8) is 0 Å². The molecule has 0 aliphatic carbocycles. The molecule has 1 aromatic carbocycles. The quantitative estimate of drug-likeness (QED) is 0.624. The van der Waals surface area contributed by atoms with Crippen LogP contribution in [0.4, 0.5) is 5.69 Å². The van der Waals surface area contributed by atoms with Gasteiger partial charge in [0.1, 0.15) is 0 Å². The summed E-state index contributed by atoms with van der Waals surface area (Å²) >= 11 is 1.40. The molecule has 0 saturated carbocycles. The summed E-state index contributed by atoms with van der Waals surface area (Å²) in [5.41, 5.74) is 0.710. The summed E-state index contributed by atoms with van der Waals surface area (Å²) in [5, 5.41) is 19.3. The molecule has 0 bridgehead atoms. The fourth-order valence-corrected chi connectivity index (χ4v) is 2.32. The molecule has 0 aromatic heterocycles. The van der Waals surface area contributed by atoms with Gasteiger partial charge in [0.2, 0.25) is 0 Å². The Morgan fingerprint density at radius 1 is 1.53 bits per heavy atom. The molecule has 1 atom stereocenters. The molecule has 0 heterocycles. The highest BCUT2D eigenvalue weighted by molar-refractivity contribution is 7.99. The van der Waals surface area contributed by atoms with Crippen LogP contribution in [0.2, 0.25) is 0 Å². The second-order valence-corrected chi connectivity index (χ2v) is 5.03. The second kappa shape index (κ2) is 6.24. The summed E-state index contributed by atoms with van der Waals surface area (Å²) in [4.78, 5) is 20.8. The molecule has 0 aliphatic rings. The number of nitro groups is 1. The Morgan fingerprint density at radius 2 is 2.18 bits per heavy atom. The van der Waals surface area contributed by atoms with E-state index >= 15 is 0 Å². The number of nitrogens with zero attached hydrogens (tertiary/aromatic N) is 1. The third-order valence-corrected chi connectivity index (χ3v) is 3.39. The van der Waals surface area contributed by atoms with Crippen molar-refractivity contribution in [3.05, 3.63) is 39.9 Å². The van der Waals surface area contributed by atoms with Gasteiger partial charge in [-0.05, 0) is 0 Å². The maximum absolute atomic E-state index is 10.7. The number of hydrogen-bond acceptors (Lipinski definition) is 4. The Balaban J connectivity index is 2.63. The van der Waals surface area contributed by atoms with Gasteiger partial charge in [-0.25, -0.2) is 0 Å². The number of rotatable bonds is 6. The van der Waals surface area contributed by atoms with E-state index in [1.54, 1.807) is 25.1 Å². The molecule has 0 radical (unpaired) electrons. The van der Waals surface area contributed by atoms with Crippen molar-refractivity contribution < 1.29 is 14.8 Å². The first-order valence-electron chi connectivity index (χ1n) is 5.06. The van der Waals surface area contributed by atoms with Crippen LogP contribution < -0.4 is 0 Å². The predicted molar refractivity (Wildman–Crippen MR) is 66.1 cm³/mol. The van der Waals surface area contributed by atoms with Gasteiger partial charge in [0, 0.05) is 22.6 Å². The minimum Gasteiger partial charge on any atom is -0.481 e. The van der Waals surface area contributed by atoms with E-state index in [0.717, 1.165) is 0 Å². The first kappa shape index (κ1) is 13.5. The molecule has 17 heavy (non-hydrogen) atoms. The average Bonchev–Trinajstić information content (AvgIpc) is 2.25. The molecule has 5 nitrogen and oxygen atoms in total. The lowest BCUT2D eigenvalue weighted by molar-refractivity contribution is -0.385. The van der Waals surface area contributed by atoms with Crippen molar-refractivity contribution in [2.24, 2.45) is 0 Å². The van der Waals surface area contributed by atoms with Gasteiger partial charge in [0.25, 0.3) is 5.69 Å². The predicted octanol–water partition coefficient (Wildman–Crippen LogP) is 2.69. The third kappa shape index (κ3) is 4.44. The lowest BCUT2D eigenvalue weighted by Crippen LogP contribution is -2.06. The Kier molecular flexibility index (Phi) is 4.96. The van der Waals surface area contributed by atoms with Crippen molar-refractivity contribution in [1.82, 2.24) is 0 Å². The van der Waals surface area contributed by atoms with Crippen LogP contribution in [0, 0.1) is 10.1 Å². The van der Waals surface area contributed by atoms with Crippen molar-refractivity contribution in [3.8, 4) is 0 Å². The summed E-state index contributed by atoms with van der Waals surface area (Å²) in [7, 11) is 0. The number of carboxylic acid groups (broad SMARTS) is 1. The molecule has 1 N–H and O–H groups in total. The zero-order valence-electron chi connectivity index (χ0n) is 9.33. The normalized spacial score (nSPS) is 12.1. The number of hydrogen-bond donors (Lipinski definition) is 1. The number of carboxylic acids is 1. The first-order valence-corrected chi connectivity index (χ1v) is 6.11. The van der Waals surface area contributed by atoms with E-state index in [1.807, 2.05) is 0 Å². The van der Waals surface area contributed by atoms with Gasteiger partial charge in [-0.1, -0.05) is 25.1 Å². The van der Waals surface area contributed by atoms with E-state index in [0.29, 0.717) is 11.3 Å². The van der Waals surface area contributed by atoms with E-state index in [1.165, 1.54) is 17.8 Å². The fourth-order valence-electron chi connectivity index (χ4n) is 1.35. The molecule has 0 saturated heterocycles. The van der Waals surface area contributed by atoms with Crippen LogP contribution in [0.15, 0.2) is 24.3 Å². The lowest BCUT2D eigenvalue weighted by Gasteiger charge is -2.08. The van der Waals surface area contributed by atoms with Crippen molar-refractivity contribution in [1.29, 1.82) is 0 Å². The van der Waals surface area contributed by atoms with Crippen LogP contribution in [0.3, 0.4) is 0 Å². The maximum Gasteiger partial charge on any atom is 0.304 e. The van der Waals surface area contributed by atoms with Crippen LogP contribution in [0.25, 0.3) is 0 Å². The molecule has 0 fully saturated rings. The van der Waals surface area contributed by atoms with E-state index in [9.17, 15) is 14.9 Å². The van der Waals surface area contributed by atoms with Gasteiger partial charge in [-0.15, -0.1) is 0 Å². The van der Waals surface area contributed by atoms with E-state index in [-0.39, 0.29) is 17.4 Å². The molecule has 6 heteroatoms. The summed E-state index contributed by atoms with van der Waals surface area (Å²) in [6.07, 6.45) is 0.0608. The maximum atomic E-state index is 10.7. The molecule has 92 valence electrons. The highest BCUT2D eigenvalue weighted by Gasteiger charge is 2.14. The SMILES string of the molecule is CC(CC(=O)O)SCc1ccccc1[N+](=O)[O-]. The van der Waals surface area contributed by atoms with E-state index in [2.05, 4.69) is 0 Å². The molecule has 0 amide bonds. The molecular formula is C11H13NO4S. The molecule has 0 spiro atoms. The smallest absolute Gasteiger partial charge is 0.304 e. The monoisotopic (exact) mass is 255 g/mol. The van der Waals surface area contributed by atoms with Crippen LogP contribution in [0.1, 0.15) is 18.9 Å². The molecule has 0 aliphatic heterocycles. The van der Waals surface area contributed by atoms with Gasteiger partial charge in [-0.2, -0.15) is 11.8 Å². The summed E-state index contributed by atoms with van der Waals surface area (Å²) in [6, 6.07) is 6.51. The summed E-state index contributed by atoms with van der Waals surface area (Å²) in [5.74, 6) is -0.404. The van der Waals surface area contributed by atoms with E-state index < -0.39 is 10.9 Å². The molecule has 1 unspecified atom stereocenters. The molecule has 1 rings (SSSR count). The summed E-state index contributed by atoms with van der Waals surface area (Å²) < 4.78 is 0. The van der Waals surface area contributed by atoms with Crippen molar-refractivity contribution in [2.75, 3.05) is 0 Å². The van der Waals surface area contributed by atoms with Crippen LogP contribution in [-0.4, -0.2) is 21.2 Å². The van der Waals surface area contributed by atoms with Crippen molar-refractivity contribution >= 4 is 23.4 Å². The Labute approximate surface area is 103 Å². The standard InChI is InChI=1S/C11H13NO4S/c1-8(6-11(13)14)17-7-9-4-2-3-5-10(9)12(15)16/h2-5,8H,6-7H2,1H3,(H,13,14). The van der Waals surface area contributed by atoms with E-state index in [4.69, 9.17) is 5.11 Å². The first-order chi connectivity index (χ1) is 8.00. The number of nitro benzene ring substituents is 1. The van der Waals surface area contributed by atoms with Crippen LogP contribution in [-0.2, 0) is 10.5 Å². The van der Waals surface area contributed by atoms with Crippen molar-refractivity contribution in [2.45, 2.75) is 24.3 Å². The van der Waals surface area contributed by atoms with Gasteiger partial charge in [-0.3, -0.25) is 14.9 Å². The largest absolute Gasteiger partial charge is 0.481 e. The minimum atomic E-state index is -0.854. The number of thioether (sulfide) groups is 1. The fraction of sp³-hybridized carbons (Fsp3) is 0.364. The highest BCUT2D eigenvalue weighted by atomic mass is 32.2. The number of carbonyl (C=O) groups is 1.